The van der Waals surface area contributed by atoms with Crippen molar-refractivity contribution in [2.75, 3.05) is 20.3 Å². The van der Waals surface area contributed by atoms with Crippen LogP contribution in [0.3, 0.4) is 0 Å². The van der Waals surface area contributed by atoms with Gasteiger partial charge in [-0.15, -0.1) is 0 Å². The van der Waals surface area contributed by atoms with Gasteiger partial charge in [0.05, 0.1) is 31.9 Å². The summed E-state index contributed by atoms with van der Waals surface area (Å²) in [6.07, 6.45) is 0. The van der Waals surface area contributed by atoms with Crippen LogP contribution in [0.1, 0.15) is 10.4 Å². The molecule has 0 spiro atoms. The highest BCUT2D eigenvalue weighted by Gasteiger charge is 2.35. The summed E-state index contributed by atoms with van der Waals surface area (Å²) < 4.78 is 10.0. The number of carboxylic acids is 1. The van der Waals surface area contributed by atoms with Crippen LogP contribution < -0.4 is 10.1 Å². The van der Waals surface area contributed by atoms with E-state index in [1.807, 2.05) is 0 Å². The third kappa shape index (κ3) is 2.83. The van der Waals surface area contributed by atoms with Crippen molar-refractivity contribution in [2.24, 2.45) is 5.92 Å². The lowest BCUT2D eigenvalue weighted by Gasteiger charge is -2.16. The number of hydrogen-bond acceptors (Lipinski definition) is 5. The van der Waals surface area contributed by atoms with Gasteiger partial charge in [-0.2, -0.15) is 0 Å². The average Bonchev–Trinajstić information content (AvgIpc) is 2.87. The van der Waals surface area contributed by atoms with E-state index in [-0.39, 0.29) is 24.5 Å². The van der Waals surface area contributed by atoms with Crippen molar-refractivity contribution in [3.05, 3.63) is 23.8 Å². The molecule has 2 rings (SSSR count). The number of ether oxygens (including phenoxy) is 2. The second-order valence-corrected chi connectivity index (χ2v) is 4.45. The number of amides is 1. The molecule has 1 heterocycles. The minimum atomic E-state index is -1.03. The van der Waals surface area contributed by atoms with E-state index >= 15 is 0 Å². The van der Waals surface area contributed by atoms with Gasteiger partial charge in [-0.25, -0.2) is 0 Å². The zero-order valence-electron chi connectivity index (χ0n) is 10.8. The van der Waals surface area contributed by atoms with Gasteiger partial charge in [-0.1, -0.05) is 0 Å². The third-order valence-corrected chi connectivity index (χ3v) is 3.16. The van der Waals surface area contributed by atoms with Gasteiger partial charge in [0.1, 0.15) is 17.4 Å². The maximum absolute atomic E-state index is 12.1. The zero-order valence-corrected chi connectivity index (χ0v) is 10.8. The van der Waals surface area contributed by atoms with E-state index < -0.39 is 23.8 Å². The summed E-state index contributed by atoms with van der Waals surface area (Å²) in [5.41, 5.74) is 0.0281. The first-order valence-electron chi connectivity index (χ1n) is 6.01. The van der Waals surface area contributed by atoms with E-state index in [1.165, 1.54) is 25.3 Å². The average molecular weight is 281 g/mol. The van der Waals surface area contributed by atoms with Gasteiger partial charge in [0.25, 0.3) is 5.91 Å². The molecule has 2 unspecified atom stereocenters. The van der Waals surface area contributed by atoms with Gasteiger partial charge in [-0.05, 0) is 18.2 Å². The highest BCUT2D eigenvalue weighted by atomic mass is 16.5. The summed E-state index contributed by atoms with van der Waals surface area (Å²) in [5, 5.41) is 21.2. The topological polar surface area (TPSA) is 105 Å². The van der Waals surface area contributed by atoms with Crippen LogP contribution in [0.25, 0.3) is 0 Å². The molecule has 20 heavy (non-hydrogen) atoms. The molecule has 1 amide bonds. The predicted molar refractivity (Wildman–Crippen MR) is 67.9 cm³/mol. The first-order valence-corrected chi connectivity index (χ1v) is 6.01. The van der Waals surface area contributed by atoms with Gasteiger partial charge in [0, 0.05) is 0 Å². The van der Waals surface area contributed by atoms with E-state index in [4.69, 9.17) is 14.6 Å². The molecule has 1 fully saturated rings. The molecule has 2 atom stereocenters. The monoisotopic (exact) mass is 281 g/mol. The Balaban J connectivity index is 2.14. The molecule has 0 radical (unpaired) electrons. The fourth-order valence-corrected chi connectivity index (χ4v) is 2.01. The number of phenolic OH excluding ortho intramolecular Hbond substituents is 1. The molecular formula is C13H15NO6. The fourth-order valence-electron chi connectivity index (χ4n) is 2.01. The van der Waals surface area contributed by atoms with Crippen LogP contribution in [-0.4, -0.2) is 48.5 Å². The number of nitrogens with one attached hydrogen (secondary N) is 1. The molecule has 0 aromatic heterocycles. The van der Waals surface area contributed by atoms with Crippen LogP contribution >= 0.6 is 0 Å². The van der Waals surface area contributed by atoms with Gasteiger partial charge < -0.3 is 25.0 Å². The summed E-state index contributed by atoms with van der Waals surface area (Å²) in [4.78, 5) is 23.1. The molecule has 7 heteroatoms. The summed E-state index contributed by atoms with van der Waals surface area (Å²) >= 11 is 0. The van der Waals surface area contributed by atoms with Crippen molar-refractivity contribution in [3.63, 3.8) is 0 Å². The van der Waals surface area contributed by atoms with Gasteiger partial charge in [0.15, 0.2) is 0 Å². The number of rotatable bonds is 4. The van der Waals surface area contributed by atoms with Crippen LogP contribution in [0.5, 0.6) is 11.5 Å². The minimum Gasteiger partial charge on any atom is -0.507 e. The Morgan fingerprint density at radius 3 is 2.80 bits per heavy atom. The molecule has 0 bridgehead atoms. The molecule has 3 N–H and O–H groups in total. The number of carbonyl (C=O) groups excluding carboxylic acids is 1. The lowest BCUT2D eigenvalue weighted by atomic mass is 10.0. The molecule has 108 valence electrons. The molecule has 0 aliphatic carbocycles. The van der Waals surface area contributed by atoms with E-state index in [2.05, 4.69) is 5.32 Å². The van der Waals surface area contributed by atoms with E-state index in [0.717, 1.165) is 0 Å². The van der Waals surface area contributed by atoms with Crippen molar-refractivity contribution in [3.8, 4) is 11.5 Å². The molecule has 1 aromatic carbocycles. The molecule has 1 aromatic rings. The normalized spacial score (nSPS) is 21.4. The molecule has 0 saturated carbocycles. The Kier molecular flexibility index (Phi) is 4.09. The minimum absolute atomic E-state index is 0.0281. The number of methoxy groups -OCH3 is 1. The SMILES string of the molecule is COc1ccc(O)c(C(=O)NC2COCC2C(=O)O)c1. The Morgan fingerprint density at radius 2 is 2.15 bits per heavy atom. The second kappa shape index (κ2) is 5.79. The first-order chi connectivity index (χ1) is 9.52. The molecule has 1 aliphatic rings. The Bertz CT molecular complexity index is 530. The third-order valence-electron chi connectivity index (χ3n) is 3.16. The van der Waals surface area contributed by atoms with Crippen molar-refractivity contribution in [1.82, 2.24) is 5.32 Å². The Hall–Kier alpha value is -2.28. The van der Waals surface area contributed by atoms with Crippen LogP contribution in [0, 0.1) is 5.92 Å². The quantitative estimate of drug-likeness (QED) is 0.729. The summed E-state index contributed by atoms with van der Waals surface area (Å²) in [6, 6.07) is 3.62. The number of aliphatic carboxylic acids is 1. The molecule has 7 nitrogen and oxygen atoms in total. The van der Waals surface area contributed by atoms with Crippen LogP contribution in [0.2, 0.25) is 0 Å². The standard InChI is InChI=1S/C13H15NO6/c1-19-7-2-3-11(15)8(4-7)12(16)14-10-6-20-5-9(10)13(17)18/h2-4,9-10,15H,5-6H2,1H3,(H,14,16)(H,17,18). The van der Waals surface area contributed by atoms with Crippen LogP contribution in [-0.2, 0) is 9.53 Å². The van der Waals surface area contributed by atoms with E-state index in [1.54, 1.807) is 0 Å². The van der Waals surface area contributed by atoms with Crippen molar-refractivity contribution in [2.45, 2.75) is 6.04 Å². The number of carboxylic acid groups (broad SMARTS) is 1. The lowest BCUT2D eigenvalue weighted by Crippen LogP contribution is -2.42. The fraction of sp³-hybridized carbons (Fsp3) is 0.385. The number of aromatic hydroxyl groups is 1. The molecule has 1 aliphatic heterocycles. The maximum Gasteiger partial charge on any atom is 0.311 e. The number of benzene rings is 1. The highest BCUT2D eigenvalue weighted by molar-refractivity contribution is 5.97. The van der Waals surface area contributed by atoms with Crippen molar-refractivity contribution >= 4 is 11.9 Å². The summed E-state index contributed by atoms with van der Waals surface area (Å²) in [5.74, 6) is -2.16. The highest BCUT2D eigenvalue weighted by Crippen LogP contribution is 2.23. The largest absolute Gasteiger partial charge is 0.507 e. The predicted octanol–water partition coefficient (Wildman–Crippen LogP) is 0.230. The lowest BCUT2D eigenvalue weighted by molar-refractivity contribution is -0.142. The van der Waals surface area contributed by atoms with Gasteiger partial charge >= 0.3 is 5.97 Å². The van der Waals surface area contributed by atoms with Crippen molar-refractivity contribution < 1.29 is 29.3 Å². The van der Waals surface area contributed by atoms with Crippen LogP contribution in [0.15, 0.2) is 18.2 Å². The van der Waals surface area contributed by atoms with E-state index in [0.29, 0.717) is 5.75 Å². The molecular weight excluding hydrogens is 266 g/mol. The Morgan fingerprint density at radius 1 is 1.40 bits per heavy atom. The maximum atomic E-state index is 12.1. The number of phenols is 1. The van der Waals surface area contributed by atoms with Gasteiger partial charge in [-0.3, -0.25) is 9.59 Å². The second-order valence-electron chi connectivity index (χ2n) is 4.45. The molecule has 1 saturated heterocycles. The van der Waals surface area contributed by atoms with Crippen molar-refractivity contribution in [1.29, 1.82) is 0 Å². The summed E-state index contributed by atoms with van der Waals surface area (Å²) in [6.45, 7) is 0.192. The smallest absolute Gasteiger partial charge is 0.311 e. The first kappa shape index (κ1) is 14.1. The van der Waals surface area contributed by atoms with Gasteiger partial charge in [0.2, 0.25) is 0 Å². The Labute approximate surface area is 115 Å². The number of carbonyl (C=O) groups is 2. The van der Waals surface area contributed by atoms with E-state index in [9.17, 15) is 14.7 Å². The zero-order chi connectivity index (χ0) is 14.7. The summed E-state index contributed by atoms with van der Waals surface area (Å²) in [7, 11) is 1.44. The number of hydrogen-bond donors (Lipinski definition) is 3. The van der Waals surface area contributed by atoms with Crippen LogP contribution in [0.4, 0.5) is 0 Å².